The van der Waals surface area contributed by atoms with Crippen LogP contribution in [0.1, 0.15) is 21.7 Å². The number of allylic oxidation sites excluding steroid dienone is 1. The Morgan fingerprint density at radius 3 is 2.78 bits per heavy atom. The standard InChI is InChI=1S/C13H11ClN2O2/c1-8-13(18)12(16-15-8)11(17)7-6-9-4-2-3-5-10(9)14/h2-7,18H,1H3,(H,15,16)/b7-6+. The Balaban J connectivity index is 2.22. The Morgan fingerprint density at radius 2 is 2.17 bits per heavy atom. The van der Waals surface area contributed by atoms with Gasteiger partial charge in [0.1, 0.15) is 11.4 Å². The number of hydrogen-bond donors (Lipinski definition) is 2. The first-order valence-corrected chi connectivity index (χ1v) is 5.68. The summed E-state index contributed by atoms with van der Waals surface area (Å²) < 4.78 is 0. The molecule has 0 atom stereocenters. The minimum absolute atomic E-state index is 0.0794. The van der Waals surface area contributed by atoms with Crippen LogP contribution in [0.2, 0.25) is 5.02 Å². The average Bonchev–Trinajstić information content (AvgIpc) is 2.69. The van der Waals surface area contributed by atoms with E-state index in [-0.39, 0.29) is 17.2 Å². The maximum atomic E-state index is 11.8. The maximum Gasteiger partial charge on any atom is 0.207 e. The number of carbonyl (C=O) groups excluding carboxylic acids is 1. The topological polar surface area (TPSA) is 66.0 Å². The van der Waals surface area contributed by atoms with Crippen LogP contribution in [0.3, 0.4) is 0 Å². The van der Waals surface area contributed by atoms with Crippen molar-refractivity contribution >= 4 is 23.5 Å². The van der Waals surface area contributed by atoms with Crippen molar-refractivity contribution in [1.82, 2.24) is 10.2 Å². The molecule has 0 aliphatic carbocycles. The Hall–Kier alpha value is -2.07. The summed E-state index contributed by atoms with van der Waals surface area (Å²) in [6, 6.07) is 7.17. The molecular weight excluding hydrogens is 252 g/mol. The molecule has 0 saturated carbocycles. The van der Waals surface area contributed by atoms with Crippen molar-refractivity contribution in [3.63, 3.8) is 0 Å². The van der Waals surface area contributed by atoms with E-state index in [9.17, 15) is 9.90 Å². The molecule has 0 aliphatic rings. The number of aromatic hydroxyl groups is 1. The Bertz CT molecular complexity index is 617. The summed E-state index contributed by atoms with van der Waals surface area (Å²) in [5.74, 6) is -0.475. The van der Waals surface area contributed by atoms with Crippen molar-refractivity contribution in [3.8, 4) is 5.75 Å². The molecule has 0 aliphatic heterocycles. The number of halogens is 1. The van der Waals surface area contributed by atoms with Crippen LogP contribution in [0.25, 0.3) is 6.08 Å². The monoisotopic (exact) mass is 262 g/mol. The van der Waals surface area contributed by atoms with Gasteiger partial charge in [0.05, 0.1) is 0 Å². The van der Waals surface area contributed by atoms with E-state index in [1.807, 2.05) is 12.1 Å². The molecule has 18 heavy (non-hydrogen) atoms. The van der Waals surface area contributed by atoms with Gasteiger partial charge in [0.15, 0.2) is 5.75 Å². The predicted octanol–water partition coefficient (Wildman–Crippen LogP) is 2.97. The Morgan fingerprint density at radius 1 is 1.44 bits per heavy atom. The smallest absolute Gasteiger partial charge is 0.207 e. The fraction of sp³-hybridized carbons (Fsp3) is 0.0769. The third-order valence-corrected chi connectivity index (χ3v) is 2.83. The summed E-state index contributed by atoms with van der Waals surface area (Å²) in [5, 5.41) is 16.4. The van der Waals surface area contributed by atoms with Crippen LogP contribution in [-0.4, -0.2) is 21.1 Å². The van der Waals surface area contributed by atoms with Crippen molar-refractivity contribution in [3.05, 3.63) is 52.3 Å². The zero-order valence-corrected chi connectivity index (χ0v) is 10.4. The summed E-state index contributed by atoms with van der Waals surface area (Å²) in [5.41, 5.74) is 1.21. The molecular formula is C13H11ClN2O2. The van der Waals surface area contributed by atoms with Gasteiger partial charge in [-0.25, -0.2) is 0 Å². The Kier molecular flexibility index (Phi) is 3.48. The molecule has 0 unspecified atom stereocenters. The molecule has 0 saturated heterocycles. The molecule has 1 heterocycles. The highest BCUT2D eigenvalue weighted by Crippen LogP contribution is 2.20. The number of benzene rings is 1. The molecule has 1 aromatic heterocycles. The molecule has 0 bridgehead atoms. The second-order valence-electron chi connectivity index (χ2n) is 3.75. The third-order valence-electron chi connectivity index (χ3n) is 2.48. The first-order chi connectivity index (χ1) is 8.59. The highest BCUT2D eigenvalue weighted by molar-refractivity contribution is 6.32. The molecule has 0 fully saturated rings. The third kappa shape index (κ3) is 2.43. The number of ketones is 1. The molecule has 5 heteroatoms. The van der Waals surface area contributed by atoms with Gasteiger partial charge in [-0.2, -0.15) is 5.10 Å². The van der Waals surface area contributed by atoms with E-state index in [1.165, 1.54) is 6.08 Å². The second kappa shape index (κ2) is 5.06. The van der Waals surface area contributed by atoms with Crippen molar-refractivity contribution in [2.45, 2.75) is 6.92 Å². The van der Waals surface area contributed by atoms with E-state index in [4.69, 9.17) is 11.6 Å². The minimum atomic E-state index is -0.354. The number of aromatic nitrogens is 2. The molecule has 0 spiro atoms. The van der Waals surface area contributed by atoms with Crippen molar-refractivity contribution in [2.75, 3.05) is 0 Å². The maximum absolute atomic E-state index is 11.8. The van der Waals surface area contributed by atoms with Gasteiger partial charge in [0.2, 0.25) is 5.78 Å². The quantitative estimate of drug-likeness (QED) is 0.660. The Labute approximate surface area is 109 Å². The van der Waals surface area contributed by atoms with E-state index in [0.29, 0.717) is 10.7 Å². The lowest BCUT2D eigenvalue weighted by molar-refractivity contribution is 0.104. The highest BCUT2D eigenvalue weighted by atomic mass is 35.5. The zero-order chi connectivity index (χ0) is 13.1. The number of nitrogens with one attached hydrogen (secondary N) is 1. The summed E-state index contributed by atoms with van der Waals surface area (Å²) >= 11 is 5.96. The van der Waals surface area contributed by atoms with Crippen LogP contribution < -0.4 is 0 Å². The van der Waals surface area contributed by atoms with E-state index in [2.05, 4.69) is 10.2 Å². The van der Waals surface area contributed by atoms with Gasteiger partial charge in [-0.15, -0.1) is 0 Å². The molecule has 0 radical (unpaired) electrons. The number of aryl methyl sites for hydroxylation is 1. The lowest BCUT2D eigenvalue weighted by Gasteiger charge is -1.96. The summed E-state index contributed by atoms with van der Waals surface area (Å²) in [7, 11) is 0. The van der Waals surface area contributed by atoms with Gasteiger partial charge >= 0.3 is 0 Å². The van der Waals surface area contributed by atoms with Gasteiger partial charge in [0, 0.05) is 5.02 Å². The molecule has 2 N–H and O–H groups in total. The van der Waals surface area contributed by atoms with Gasteiger partial charge in [0.25, 0.3) is 0 Å². The van der Waals surface area contributed by atoms with E-state index >= 15 is 0 Å². The van der Waals surface area contributed by atoms with Crippen LogP contribution in [0, 0.1) is 6.92 Å². The largest absolute Gasteiger partial charge is 0.504 e. The van der Waals surface area contributed by atoms with Gasteiger partial charge in [-0.1, -0.05) is 29.8 Å². The van der Waals surface area contributed by atoms with Crippen molar-refractivity contribution < 1.29 is 9.90 Å². The van der Waals surface area contributed by atoms with Crippen molar-refractivity contribution in [2.24, 2.45) is 0 Å². The normalized spacial score (nSPS) is 11.0. The average molecular weight is 263 g/mol. The fourth-order valence-corrected chi connectivity index (χ4v) is 1.66. The van der Waals surface area contributed by atoms with E-state index in [0.717, 1.165) is 5.56 Å². The first kappa shape index (κ1) is 12.4. The lowest BCUT2D eigenvalue weighted by Crippen LogP contribution is -1.95. The van der Waals surface area contributed by atoms with E-state index < -0.39 is 0 Å². The van der Waals surface area contributed by atoms with Crippen LogP contribution in [0.5, 0.6) is 5.75 Å². The van der Waals surface area contributed by atoms with Crippen LogP contribution in [-0.2, 0) is 0 Å². The minimum Gasteiger partial charge on any atom is -0.504 e. The molecule has 92 valence electrons. The summed E-state index contributed by atoms with van der Waals surface area (Å²) in [6.07, 6.45) is 2.94. The van der Waals surface area contributed by atoms with Crippen LogP contribution in [0.4, 0.5) is 0 Å². The summed E-state index contributed by atoms with van der Waals surface area (Å²) in [4.78, 5) is 11.8. The number of aromatic amines is 1. The number of nitrogens with zero attached hydrogens (tertiary/aromatic N) is 1. The molecule has 4 nitrogen and oxygen atoms in total. The lowest BCUT2D eigenvalue weighted by atomic mass is 10.1. The van der Waals surface area contributed by atoms with Crippen LogP contribution in [0.15, 0.2) is 30.3 Å². The first-order valence-electron chi connectivity index (χ1n) is 5.30. The van der Waals surface area contributed by atoms with Gasteiger partial charge < -0.3 is 5.11 Å². The molecule has 2 aromatic rings. The molecule has 2 rings (SSSR count). The van der Waals surface area contributed by atoms with Gasteiger partial charge in [-0.05, 0) is 30.7 Å². The number of H-pyrrole nitrogens is 1. The van der Waals surface area contributed by atoms with Crippen LogP contribution >= 0.6 is 11.6 Å². The number of rotatable bonds is 3. The zero-order valence-electron chi connectivity index (χ0n) is 9.64. The number of hydrogen-bond acceptors (Lipinski definition) is 3. The fourth-order valence-electron chi connectivity index (χ4n) is 1.46. The van der Waals surface area contributed by atoms with Crippen molar-refractivity contribution in [1.29, 1.82) is 0 Å². The number of carbonyl (C=O) groups is 1. The molecule has 0 amide bonds. The van der Waals surface area contributed by atoms with Gasteiger partial charge in [-0.3, -0.25) is 9.89 Å². The second-order valence-corrected chi connectivity index (χ2v) is 4.16. The molecule has 1 aromatic carbocycles. The van der Waals surface area contributed by atoms with E-state index in [1.54, 1.807) is 25.1 Å². The highest BCUT2D eigenvalue weighted by Gasteiger charge is 2.13. The summed E-state index contributed by atoms with van der Waals surface area (Å²) in [6.45, 7) is 1.61. The predicted molar refractivity (Wildman–Crippen MR) is 69.8 cm³/mol. The SMILES string of the molecule is Cc1n[nH]c(C(=O)/C=C/c2ccccc2Cl)c1O.